The molecule has 0 fully saturated rings. The average molecular weight is 270 g/mol. The number of ether oxygens (including phenoxy) is 1. The number of hydrogen-bond acceptors (Lipinski definition) is 4. The minimum atomic E-state index is -4.48. The lowest BCUT2D eigenvalue weighted by molar-refractivity contribution is -0.141. The molecular formula is C9H11ClF3N3O. The second-order valence-electron chi connectivity index (χ2n) is 3.25. The zero-order chi connectivity index (χ0) is 12.9. The van der Waals surface area contributed by atoms with Crippen molar-refractivity contribution in [3.63, 3.8) is 0 Å². The highest BCUT2D eigenvalue weighted by Gasteiger charge is 2.32. The summed E-state index contributed by atoms with van der Waals surface area (Å²) in [4.78, 5) is 0. The molecule has 1 aromatic rings. The van der Waals surface area contributed by atoms with Gasteiger partial charge in [-0.05, 0) is 12.1 Å². The summed E-state index contributed by atoms with van der Waals surface area (Å²) in [5.74, 6) is 0.469. The van der Waals surface area contributed by atoms with Crippen molar-refractivity contribution >= 4 is 17.4 Å². The van der Waals surface area contributed by atoms with Crippen molar-refractivity contribution in [3.8, 4) is 0 Å². The van der Waals surface area contributed by atoms with Crippen molar-refractivity contribution in [1.82, 2.24) is 10.2 Å². The molecule has 0 aliphatic carbocycles. The molecule has 1 aromatic heterocycles. The van der Waals surface area contributed by atoms with Gasteiger partial charge in [-0.3, -0.25) is 0 Å². The Morgan fingerprint density at radius 3 is 2.53 bits per heavy atom. The van der Waals surface area contributed by atoms with Gasteiger partial charge in [0, 0.05) is 13.0 Å². The summed E-state index contributed by atoms with van der Waals surface area (Å²) in [7, 11) is 1.50. The molecule has 0 aromatic carbocycles. The van der Waals surface area contributed by atoms with Crippen LogP contribution in [-0.4, -0.2) is 35.8 Å². The number of methoxy groups -OCH3 is 1. The average Bonchev–Trinajstić information content (AvgIpc) is 2.28. The van der Waals surface area contributed by atoms with Crippen LogP contribution in [0.15, 0.2) is 12.1 Å². The molecule has 1 unspecified atom stereocenters. The number of nitrogens with zero attached hydrogens (tertiary/aromatic N) is 2. The number of anilines is 1. The third-order valence-corrected chi connectivity index (χ3v) is 2.23. The first kappa shape index (κ1) is 14.0. The van der Waals surface area contributed by atoms with Crippen molar-refractivity contribution in [1.29, 1.82) is 0 Å². The first-order valence-electron chi connectivity index (χ1n) is 4.69. The summed E-state index contributed by atoms with van der Waals surface area (Å²) in [6, 6.07) is 1.83. The third kappa shape index (κ3) is 4.35. The van der Waals surface area contributed by atoms with Crippen LogP contribution in [-0.2, 0) is 10.9 Å². The Kier molecular flexibility index (Phi) is 4.95. The van der Waals surface area contributed by atoms with Crippen LogP contribution < -0.4 is 5.32 Å². The quantitative estimate of drug-likeness (QED) is 0.832. The van der Waals surface area contributed by atoms with E-state index < -0.39 is 11.9 Å². The molecule has 0 amide bonds. The first-order chi connectivity index (χ1) is 7.97. The Labute approximate surface area is 101 Å². The van der Waals surface area contributed by atoms with Crippen LogP contribution in [0.2, 0.25) is 0 Å². The summed E-state index contributed by atoms with van der Waals surface area (Å²) in [5, 5.41) is 9.31. The Balaban J connectivity index is 2.68. The van der Waals surface area contributed by atoms with E-state index in [1.54, 1.807) is 0 Å². The number of nitrogens with one attached hydrogen (secondary N) is 1. The van der Waals surface area contributed by atoms with E-state index in [0.717, 1.165) is 6.07 Å². The minimum Gasteiger partial charge on any atom is -0.383 e. The normalized spacial score (nSPS) is 13.5. The fourth-order valence-corrected chi connectivity index (χ4v) is 1.26. The van der Waals surface area contributed by atoms with Crippen LogP contribution in [0.3, 0.4) is 0 Å². The van der Waals surface area contributed by atoms with Gasteiger partial charge in [0.2, 0.25) is 0 Å². The van der Waals surface area contributed by atoms with E-state index in [1.807, 2.05) is 0 Å². The number of hydrogen-bond donors (Lipinski definition) is 1. The zero-order valence-electron chi connectivity index (χ0n) is 8.96. The van der Waals surface area contributed by atoms with Crippen molar-refractivity contribution in [2.45, 2.75) is 12.2 Å². The second kappa shape index (κ2) is 6.02. The number of rotatable bonds is 5. The summed E-state index contributed by atoms with van der Waals surface area (Å²) in [6.45, 7) is 0.326. The Bertz CT molecular complexity index is 344. The van der Waals surface area contributed by atoms with E-state index >= 15 is 0 Å². The molecule has 1 N–H and O–H groups in total. The second-order valence-corrected chi connectivity index (χ2v) is 3.56. The van der Waals surface area contributed by atoms with Crippen LogP contribution in [0, 0.1) is 0 Å². The zero-order valence-corrected chi connectivity index (χ0v) is 9.72. The van der Waals surface area contributed by atoms with Gasteiger partial charge in [0.1, 0.15) is 5.82 Å². The van der Waals surface area contributed by atoms with Gasteiger partial charge in [0.15, 0.2) is 5.69 Å². The summed E-state index contributed by atoms with van der Waals surface area (Å²) >= 11 is 5.63. The smallest absolute Gasteiger partial charge is 0.383 e. The largest absolute Gasteiger partial charge is 0.435 e. The highest BCUT2D eigenvalue weighted by Crippen LogP contribution is 2.27. The van der Waals surface area contributed by atoms with Crippen LogP contribution >= 0.6 is 11.6 Å². The Morgan fingerprint density at radius 1 is 1.41 bits per heavy atom. The van der Waals surface area contributed by atoms with E-state index in [0.29, 0.717) is 6.61 Å². The fraction of sp³-hybridized carbons (Fsp3) is 0.556. The highest BCUT2D eigenvalue weighted by molar-refractivity contribution is 6.18. The number of halogens is 4. The van der Waals surface area contributed by atoms with E-state index in [4.69, 9.17) is 16.3 Å². The fourth-order valence-electron chi connectivity index (χ4n) is 1.10. The Hall–Kier alpha value is -1.08. The molecule has 0 aliphatic heterocycles. The topological polar surface area (TPSA) is 47.0 Å². The monoisotopic (exact) mass is 269 g/mol. The van der Waals surface area contributed by atoms with Gasteiger partial charge < -0.3 is 10.1 Å². The molecule has 0 saturated carbocycles. The van der Waals surface area contributed by atoms with Gasteiger partial charge in [-0.2, -0.15) is 13.2 Å². The molecule has 0 spiro atoms. The summed E-state index contributed by atoms with van der Waals surface area (Å²) in [5.41, 5.74) is -1.03. The predicted molar refractivity (Wildman–Crippen MR) is 57.0 cm³/mol. The minimum absolute atomic E-state index is 0.223. The van der Waals surface area contributed by atoms with Gasteiger partial charge in [-0.15, -0.1) is 21.8 Å². The highest BCUT2D eigenvalue weighted by atomic mass is 35.5. The molecule has 17 heavy (non-hydrogen) atoms. The predicted octanol–water partition coefficient (Wildman–Crippen LogP) is 2.16. The molecule has 0 saturated heterocycles. The number of aromatic nitrogens is 2. The molecule has 1 atom stereocenters. The first-order valence-corrected chi connectivity index (χ1v) is 5.23. The SMILES string of the molecule is COCC(CCl)Nc1ccc(C(F)(F)F)nn1. The van der Waals surface area contributed by atoms with Crippen molar-refractivity contribution < 1.29 is 17.9 Å². The van der Waals surface area contributed by atoms with E-state index in [2.05, 4.69) is 15.5 Å². The Morgan fingerprint density at radius 2 is 2.12 bits per heavy atom. The maximum absolute atomic E-state index is 12.2. The van der Waals surface area contributed by atoms with Crippen molar-refractivity contribution in [3.05, 3.63) is 17.8 Å². The lowest BCUT2D eigenvalue weighted by Crippen LogP contribution is -2.27. The van der Waals surface area contributed by atoms with Gasteiger partial charge in [0.25, 0.3) is 0 Å². The molecule has 8 heteroatoms. The van der Waals surface area contributed by atoms with E-state index in [-0.39, 0.29) is 17.7 Å². The molecule has 1 rings (SSSR count). The maximum atomic E-state index is 12.2. The maximum Gasteiger partial charge on any atom is 0.435 e. The van der Waals surface area contributed by atoms with E-state index in [1.165, 1.54) is 13.2 Å². The van der Waals surface area contributed by atoms with E-state index in [9.17, 15) is 13.2 Å². The van der Waals surface area contributed by atoms with Crippen molar-refractivity contribution in [2.75, 3.05) is 24.9 Å². The third-order valence-electron chi connectivity index (χ3n) is 1.86. The molecule has 4 nitrogen and oxygen atoms in total. The summed E-state index contributed by atoms with van der Waals surface area (Å²) < 4.78 is 41.5. The van der Waals surface area contributed by atoms with Crippen molar-refractivity contribution in [2.24, 2.45) is 0 Å². The lowest BCUT2D eigenvalue weighted by atomic mass is 10.3. The number of alkyl halides is 4. The van der Waals surface area contributed by atoms with Crippen LogP contribution in [0.4, 0.5) is 19.0 Å². The standard InChI is InChI=1S/C9H11ClF3N3O/c1-17-5-6(4-10)14-8-3-2-7(15-16-8)9(11,12)13/h2-3,6H,4-5H2,1H3,(H,14,16). The van der Waals surface area contributed by atoms with Gasteiger partial charge in [-0.1, -0.05) is 0 Å². The van der Waals surface area contributed by atoms with Crippen LogP contribution in [0.5, 0.6) is 0 Å². The van der Waals surface area contributed by atoms with Gasteiger partial charge in [0.05, 0.1) is 12.6 Å². The molecule has 1 heterocycles. The molecule has 0 radical (unpaired) electrons. The molecule has 0 aliphatic rings. The van der Waals surface area contributed by atoms with Crippen LogP contribution in [0.1, 0.15) is 5.69 Å². The molecule has 96 valence electrons. The van der Waals surface area contributed by atoms with Crippen LogP contribution in [0.25, 0.3) is 0 Å². The summed E-state index contributed by atoms with van der Waals surface area (Å²) in [6.07, 6.45) is -4.48. The van der Waals surface area contributed by atoms with Gasteiger partial charge >= 0.3 is 6.18 Å². The molecular weight excluding hydrogens is 259 g/mol. The van der Waals surface area contributed by atoms with Gasteiger partial charge in [-0.25, -0.2) is 0 Å². The molecule has 0 bridgehead atoms. The lowest BCUT2D eigenvalue weighted by Gasteiger charge is -2.15.